The fourth-order valence-corrected chi connectivity index (χ4v) is 6.24. The third-order valence-electron chi connectivity index (χ3n) is 6.13. The lowest BCUT2D eigenvalue weighted by Crippen LogP contribution is -2.40. The Kier molecular flexibility index (Phi) is 8.66. The lowest BCUT2D eigenvalue weighted by molar-refractivity contribution is -0.139. The quantitative estimate of drug-likeness (QED) is 0.350. The molecule has 206 valence electrons. The van der Waals surface area contributed by atoms with Crippen LogP contribution in [0.3, 0.4) is 0 Å². The van der Waals surface area contributed by atoms with Crippen molar-refractivity contribution in [2.24, 2.45) is 4.99 Å². The highest BCUT2D eigenvalue weighted by molar-refractivity contribution is 9.10. The number of nitrogens with zero attached hydrogens (tertiary/aromatic N) is 3. The minimum absolute atomic E-state index is 0.0496. The van der Waals surface area contributed by atoms with Gasteiger partial charge >= 0.3 is 5.97 Å². The van der Waals surface area contributed by atoms with Crippen molar-refractivity contribution >= 4 is 45.0 Å². The number of methoxy groups -OCH3 is 1. The summed E-state index contributed by atoms with van der Waals surface area (Å²) < 4.78 is 19.9. The van der Waals surface area contributed by atoms with Crippen LogP contribution in [0.25, 0.3) is 6.08 Å². The zero-order chi connectivity index (χ0) is 28.4. The third-order valence-corrected chi connectivity index (χ3v) is 7.75. The van der Waals surface area contributed by atoms with Crippen molar-refractivity contribution in [3.63, 3.8) is 0 Å². The van der Waals surface area contributed by atoms with E-state index in [0.29, 0.717) is 37.7 Å². The lowest BCUT2D eigenvalue weighted by Gasteiger charge is -2.25. The topological polar surface area (TPSA) is 82.4 Å². The summed E-state index contributed by atoms with van der Waals surface area (Å²) in [5.41, 5.74) is 3.16. The summed E-state index contributed by atoms with van der Waals surface area (Å²) in [6.07, 6.45) is 1.79. The van der Waals surface area contributed by atoms with Gasteiger partial charge in [0.05, 0.1) is 47.4 Å². The van der Waals surface area contributed by atoms with E-state index >= 15 is 0 Å². The Labute approximate surface area is 240 Å². The molecule has 2 heterocycles. The number of ether oxygens (including phenoxy) is 3. The van der Waals surface area contributed by atoms with Crippen LogP contribution in [0.1, 0.15) is 44.9 Å². The monoisotopic (exact) mass is 613 g/mol. The van der Waals surface area contributed by atoms with Gasteiger partial charge in [-0.3, -0.25) is 9.36 Å². The number of halogens is 1. The van der Waals surface area contributed by atoms with E-state index in [-0.39, 0.29) is 18.3 Å². The van der Waals surface area contributed by atoms with Crippen molar-refractivity contribution in [1.82, 2.24) is 4.57 Å². The zero-order valence-corrected chi connectivity index (χ0v) is 25.5. The molecule has 1 atom stereocenters. The fraction of sp³-hybridized carbons (Fsp3) is 0.345. The second-order valence-electron chi connectivity index (χ2n) is 9.48. The van der Waals surface area contributed by atoms with Crippen LogP contribution in [0.2, 0.25) is 0 Å². The molecule has 3 aromatic rings. The largest absolute Gasteiger partial charge is 0.493 e. The molecule has 0 radical (unpaired) electrons. The van der Waals surface area contributed by atoms with Crippen molar-refractivity contribution < 1.29 is 19.0 Å². The van der Waals surface area contributed by atoms with Gasteiger partial charge in [-0.25, -0.2) is 9.79 Å². The number of hydrogen-bond acceptors (Lipinski definition) is 8. The van der Waals surface area contributed by atoms with Crippen LogP contribution in [0.5, 0.6) is 11.5 Å². The highest BCUT2D eigenvalue weighted by Gasteiger charge is 2.34. The number of thiazole rings is 1. The summed E-state index contributed by atoms with van der Waals surface area (Å²) in [7, 11) is 5.50. The fourth-order valence-electron chi connectivity index (χ4n) is 4.44. The molecule has 1 aliphatic rings. The number of esters is 1. The molecule has 0 saturated heterocycles. The normalized spacial score (nSPS) is 15.2. The molecule has 2 aromatic carbocycles. The van der Waals surface area contributed by atoms with Crippen molar-refractivity contribution in [3.8, 4) is 11.5 Å². The molecule has 10 heteroatoms. The van der Waals surface area contributed by atoms with E-state index in [2.05, 4.69) is 20.9 Å². The maximum absolute atomic E-state index is 13.9. The highest BCUT2D eigenvalue weighted by atomic mass is 79.9. The van der Waals surface area contributed by atoms with Crippen molar-refractivity contribution in [3.05, 3.63) is 83.0 Å². The van der Waals surface area contributed by atoms with Crippen molar-refractivity contribution in [2.45, 2.75) is 39.8 Å². The summed E-state index contributed by atoms with van der Waals surface area (Å²) in [4.78, 5) is 34.2. The van der Waals surface area contributed by atoms with Gasteiger partial charge in [-0.15, -0.1) is 0 Å². The van der Waals surface area contributed by atoms with Crippen LogP contribution in [0.4, 0.5) is 5.69 Å². The van der Waals surface area contributed by atoms with Crippen LogP contribution in [0.15, 0.2) is 61.9 Å². The number of aromatic nitrogens is 1. The molecule has 0 bridgehead atoms. The molecule has 1 aliphatic heterocycles. The predicted molar refractivity (Wildman–Crippen MR) is 158 cm³/mol. The van der Waals surface area contributed by atoms with Crippen molar-refractivity contribution in [1.29, 1.82) is 0 Å². The number of carbonyl (C=O) groups excluding carboxylic acids is 1. The number of rotatable bonds is 8. The Hall–Kier alpha value is -3.37. The number of anilines is 1. The molecule has 0 aliphatic carbocycles. The summed E-state index contributed by atoms with van der Waals surface area (Å²) in [5.74, 6) is 0.573. The Morgan fingerprint density at radius 1 is 1.21 bits per heavy atom. The van der Waals surface area contributed by atoms with E-state index in [4.69, 9.17) is 14.2 Å². The standard InChI is InChI=1S/C29H32BrN3O5S/c1-8-37-28(35)25-17(4)31-29-33(26(25)19-10-12-22(38-16(2)3)23(15-19)36-7)27(34)24(39-29)14-18-9-11-21(32(5)6)20(30)13-18/h9-16,26H,8H2,1-7H3/b24-14-/t26-/m0/s1. The molecule has 0 unspecified atom stereocenters. The molecule has 8 nitrogen and oxygen atoms in total. The molecule has 1 aromatic heterocycles. The highest BCUT2D eigenvalue weighted by Crippen LogP contribution is 2.36. The molecule has 0 fully saturated rings. The predicted octanol–water partition coefficient (Wildman–Crippen LogP) is 4.42. The molecule has 0 saturated carbocycles. The Bertz CT molecular complexity index is 1620. The molecular formula is C29H32BrN3O5S. The van der Waals surface area contributed by atoms with Crippen LogP contribution in [-0.4, -0.2) is 44.5 Å². The second kappa shape index (κ2) is 11.8. The van der Waals surface area contributed by atoms with Gasteiger partial charge in [0.1, 0.15) is 0 Å². The van der Waals surface area contributed by atoms with Crippen LogP contribution in [0, 0.1) is 0 Å². The van der Waals surface area contributed by atoms with Gasteiger partial charge in [-0.05, 0) is 85.1 Å². The first-order chi connectivity index (χ1) is 18.5. The maximum Gasteiger partial charge on any atom is 0.338 e. The lowest BCUT2D eigenvalue weighted by atomic mass is 9.95. The van der Waals surface area contributed by atoms with E-state index in [1.54, 1.807) is 37.7 Å². The maximum atomic E-state index is 13.9. The van der Waals surface area contributed by atoms with Gasteiger partial charge in [0.25, 0.3) is 5.56 Å². The van der Waals surface area contributed by atoms with Gasteiger partial charge in [0.15, 0.2) is 16.3 Å². The molecule has 0 spiro atoms. The first kappa shape index (κ1) is 28.6. The van der Waals surface area contributed by atoms with Crippen molar-refractivity contribution in [2.75, 3.05) is 32.7 Å². The van der Waals surface area contributed by atoms with Crippen LogP contribution < -0.4 is 29.3 Å². The molecule has 0 N–H and O–H groups in total. The van der Waals surface area contributed by atoms with Gasteiger partial charge in [0.2, 0.25) is 0 Å². The van der Waals surface area contributed by atoms with E-state index in [1.807, 2.05) is 63.2 Å². The Morgan fingerprint density at radius 2 is 1.95 bits per heavy atom. The summed E-state index contributed by atoms with van der Waals surface area (Å²) >= 11 is 4.90. The van der Waals surface area contributed by atoms with Crippen LogP contribution >= 0.6 is 27.3 Å². The summed E-state index contributed by atoms with van der Waals surface area (Å²) in [6, 6.07) is 10.6. The molecule has 4 rings (SSSR count). The average molecular weight is 615 g/mol. The first-order valence-corrected chi connectivity index (χ1v) is 14.2. The molecule has 39 heavy (non-hydrogen) atoms. The van der Waals surface area contributed by atoms with Gasteiger partial charge < -0.3 is 19.1 Å². The van der Waals surface area contributed by atoms with E-state index in [1.165, 1.54) is 11.3 Å². The minimum Gasteiger partial charge on any atom is -0.493 e. The molecule has 0 amide bonds. The number of benzene rings is 2. The number of hydrogen-bond donors (Lipinski definition) is 0. The number of allylic oxidation sites excluding steroid dienone is 1. The second-order valence-corrected chi connectivity index (χ2v) is 11.3. The smallest absolute Gasteiger partial charge is 0.338 e. The summed E-state index contributed by atoms with van der Waals surface area (Å²) in [5, 5.41) is 0. The third kappa shape index (κ3) is 5.81. The van der Waals surface area contributed by atoms with Gasteiger partial charge in [-0.2, -0.15) is 0 Å². The number of carbonyl (C=O) groups is 1. The van der Waals surface area contributed by atoms with Gasteiger partial charge in [0, 0.05) is 18.6 Å². The SMILES string of the molecule is CCOC(=O)C1=C(C)N=c2s/c(=C\c3ccc(N(C)C)c(Br)c3)c(=O)n2[C@H]1c1ccc(OC(C)C)c(OC)c1. The Morgan fingerprint density at radius 3 is 2.56 bits per heavy atom. The summed E-state index contributed by atoms with van der Waals surface area (Å²) in [6.45, 7) is 7.58. The van der Waals surface area contributed by atoms with Crippen LogP contribution in [-0.2, 0) is 9.53 Å². The van der Waals surface area contributed by atoms with E-state index < -0.39 is 12.0 Å². The number of fused-ring (bicyclic) bond motifs is 1. The van der Waals surface area contributed by atoms with E-state index in [9.17, 15) is 9.59 Å². The first-order valence-electron chi connectivity index (χ1n) is 12.6. The van der Waals surface area contributed by atoms with E-state index in [0.717, 1.165) is 15.7 Å². The zero-order valence-electron chi connectivity index (χ0n) is 23.1. The Balaban J connectivity index is 1.92. The van der Waals surface area contributed by atoms with Gasteiger partial charge in [-0.1, -0.05) is 23.5 Å². The average Bonchev–Trinajstić information content (AvgIpc) is 3.17. The minimum atomic E-state index is -0.743. The molecular weight excluding hydrogens is 582 g/mol.